The lowest BCUT2D eigenvalue weighted by atomic mass is 10.1. The van der Waals surface area contributed by atoms with E-state index in [2.05, 4.69) is 5.32 Å². The van der Waals surface area contributed by atoms with Crippen LogP contribution in [0.5, 0.6) is 11.5 Å². The Morgan fingerprint density at radius 3 is 2.55 bits per heavy atom. The Bertz CT molecular complexity index is 1100. The first-order valence-electron chi connectivity index (χ1n) is 9.50. The predicted molar refractivity (Wildman–Crippen MR) is 118 cm³/mol. The zero-order valence-electron chi connectivity index (χ0n) is 16.9. The van der Waals surface area contributed by atoms with E-state index in [-0.39, 0.29) is 21.9 Å². The van der Waals surface area contributed by atoms with Crippen molar-refractivity contribution < 1.29 is 29.0 Å². The van der Waals surface area contributed by atoms with Crippen molar-refractivity contribution in [2.24, 2.45) is 0 Å². The molecule has 1 aliphatic rings. The molecule has 1 aliphatic heterocycles. The number of nitrogens with one attached hydrogen (secondary N) is 1. The molecule has 2 aromatic rings. The second kappa shape index (κ2) is 9.40. The second-order valence-corrected chi connectivity index (χ2v) is 6.77. The van der Waals surface area contributed by atoms with Crippen molar-refractivity contribution >= 4 is 46.9 Å². The Balaban J connectivity index is 2.03. The SMILES string of the molecule is CCOc1ccc(C=C2C(=O)NC(=S)N(c3cccc(C(=O)O)c3)C2=O)c(OCC)c1. The van der Waals surface area contributed by atoms with Crippen LogP contribution in [0, 0.1) is 0 Å². The molecule has 2 aromatic carbocycles. The molecule has 9 heteroatoms. The summed E-state index contributed by atoms with van der Waals surface area (Å²) in [7, 11) is 0. The van der Waals surface area contributed by atoms with Gasteiger partial charge in [0.05, 0.1) is 24.5 Å². The van der Waals surface area contributed by atoms with Gasteiger partial charge in [0.2, 0.25) is 0 Å². The molecule has 1 saturated heterocycles. The number of carboxylic acids is 1. The maximum absolute atomic E-state index is 13.2. The molecule has 1 heterocycles. The van der Waals surface area contributed by atoms with Crippen LogP contribution >= 0.6 is 12.2 Å². The Hall–Kier alpha value is -3.72. The molecule has 0 aromatic heterocycles. The third-order valence-corrected chi connectivity index (χ3v) is 4.63. The molecule has 1 fully saturated rings. The Morgan fingerprint density at radius 2 is 1.87 bits per heavy atom. The predicted octanol–water partition coefficient (Wildman–Crippen LogP) is 3.01. The van der Waals surface area contributed by atoms with Crippen LogP contribution in [0.1, 0.15) is 29.8 Å². The van der Waals surface area contributed by atoms with E-state index in [9.17, 15) is 19.5 Å². The number of carbonyl (C=O) groups is 3. The molecule has 0 aliphatic carbocycles. The lowest BCUT2D eigenvalue weighted by Gasteiger charge is -2.29. The van der Waals surface area contributed by atoms with Gasteiger partial charge in [-0.3, -0.25) is 19.8 Å². The van der Waals surface area contributed by atoms with Gasteiger partial charge in [-0.2, -0.15) is 0 Å². The van der Waals surface area contributed by atoms with E-state index in [1.165, 1.54) is 30.3 Å². The quantitative estimate of drug-likeness (QED) is 0.387. The van der Waals surface area contributed by atoms with Gasteiger partial charge in [0.25, 0.3) is 11.8 Å². The van der Waals surface area contributed by atoms with Crippen molar-refractivity contribution in [1.29, 1.82) is 0 Å². The number of ether oxygens (including phenoxy) is 2. The summed E-state index contributed by atoms with van der Waals surface area (Å²) in [5.41, 5.74) is 0.563. The van der Waals surface area contributed by atoms with Gasteiger partial charge in [0.15, 0.2) is 5.11 Å². The van der Waals surface area contributed by atoms with Crippen molar-refractivity contribution in [3.63, 3.8) is 0 Å². The summed E-state index contributed by atoms with van der Waals surface area (Å²) in [5.74, 6) is -1.42. The highest BCUT2D eigenvalue weighted by molar-refractivity contribution is 7.80. The molecule has 0 unspecified atom stereocenters. The van der Waals surface area contributed by atoms with E-state index < -0.39 is 17.8 Å². The largest absolute Gasteiger partial charge is 0.494 e. The number of carboxylic acid groups (broad SMARTS) is 1. The fourth-order valence-electron chi connectivity index (χ4n) is 3.00. The molecule has 160 valence electrons. The molecule has 3 rings (SSSR count). The van der Waals surface area contributed by atoms with Crippen molar-refractivity contribution in [3.8, 4) is 11.5 Å². The van der Waals surface area contributed by atoms with Crippen LogP contribution in [-0.4, -0.2) is 41.2 Å². The van der Waals surface area contributed by atoms with Crippen LogP contribution in [0.15, 0.2) is 48.0 Å². The highest BCUT2D eigenvalue weighted by atomic mass is 32.1. The number of carbonyl (C=O) groups excluding carboxylic acids is 2. The smallest absolute Gasteiger partial charge is 0.335 e. The van der Waals surface area contributed by atoms with Gasteiger partial charge < -0.3 is 14.6 Å². The zero-order chi connectivity index (χ0) is 22.5. The summed E-state index contributed by atoms with van der Waals surface area (Å²) in [6.07, 6.45) is 1.41. The summed E-state index contributed by atoms with van der Waals surface area (Å²) in [5, 5.41) is 11.6. The van der Waals surface area contributed by atoms with E-state index in [1.54, 1.807) is 18.2 Å². The standard InChI is InChI=1S/C22H20N2O6S/c1-3-29-16-9-8-13(18(12-16)30-4-2)11-17-19(25)23-22(31)24(20(17)26)15-7-5-6-14(10-15)21(27)28/h5-12H,3-4H2,1-2H3,(H,27,28)(H,23,25,31). The van der Waals surface area contributed by atoms with Crippen molar-refractivity contribution in [1.82, 2.24) is 5.32 Å². The van der Waals surface area contributed by atoms with Gasteiger partial charge in [-0.1, -0.05) is 6.07 Å². The number of anilines is 1. The van der Waals surface area contributed by atoms with Crippen LogP contribution in [0.25, 0.3) is 6.08 Å². The van der Waals surface area contributed by atoms with Crippen LogP contribution in [0.4, 0.5) is 5.69 Å². The lowest BCUT2D eigenvalue weighted by Crippen LogP contribution is -2.54. The third-order valence-electron chi connectivity index (χ3n) is 4.35. The topological polar surface area (TPSA) is 105 Å². The summed E-state index contributed by atoms with van der Waals surface area (Å²) in [4.78, 5) is 38.1. The number of amides is 2. The Kier molecular flexibility index (Phi) is 6.66. The summed E-state index contributed by atoms with van der Waals surface area (Å²) >= 11 is 5.16. The average Bonchev–Trinajstić information content (AvgIpc) is 2.73. The fraction of sp³-hybridized carbons (Fsp3) is 0.182. The number of hydrogen-bond donors (Lipinski definition) is 2. The molecule has 2 N–H and O–H groups in total. The number of thiocarbonyl (C=S) groups is 1. The van der Waals surface area contributed by atoms with Crippen molar-refractivity contribution in [2.75, 3.05) is 18.1 Å². The van der Waals surface area contributed by atoms with Gasteiger partial charge in [-0.15, -0.1) is 0 Å². The number of benzene rings is 2. The minimum Gasteiger partial charge on any atom is -0.494 e. The molecular formula is C22H20N2O6S. The van der Waals surface area contributed by atoms with Crippen LogP contribution < -0.4 is 19.7 Å². The molecule has 2 amide bonds. The van der Waals surface area contributed by atoms with E-state index in [4.69, 9.17) is 21.7 Å². The monoisotopic (exact) mass is 440 g/mol. The average molecular weight is 440 g/mol. The number of aromatic carboxylic acids is 1. The number of nitrogens with zero attached hydrogens (tertiary/aromatic N) is 1. The first kappa shape index (κ1) is 22.0. The summed E-state index contributed by atoms with van der Waals surface area (Å²) < 4.78 is 11.1. The van der Waals surface area contributed by atoms with Gasteiger partial charge >= 0.3 is 5.97 Å². The maximum Gasteiger partial charge on any atom is 0.335 e. The van der Waals surface area contributed by atoms with Crippen LogP contribution in [0.3, 0.4) is 0 Å². The molecule has 0 atom stereocenters. The highest BCUT2D eigenvalue weighted by Crippen LogP contribution is 2.29. The molecular weight excluding hydrogens is 420 g/mol. The number of hydrogen-bond acceptors (Lipinski definition) is 6. The third kappa shape index (κ3) is 4.72. The molecule has 0 radical (unpaired) electrons. The van der Waals surface area contributed by atoms with Gasteiger partial charge in [0, 0.05) is 11.6 Å². The van der Waals surface area contributed by atoms with E-state index in [1.807, 2.05) is 13.8 Å². The summed E-state index contributed by atoms with van der Waals surface area (Å²) in [6.45, 7) is 4.54. The maximum atomic E-state index is 13.2. The van der Waals surface area contributed by atoms with Gasteiger partial charge in [-0.25, -0.2) is 4.79 Å². The Morgan fingerprint density at radius 1 is 1.13 bits per heavy atom. The molecule has 8 nitrogen and oxygen atoms in total. The molecule has 31 heavy (non-hydrogen) atoms. The van der Waals surface area contributed by atoms with Gasteiger partial charge in [0.1, 0.15) is 17.1 Å². The highest BCUT2D eigenvalue weighted by Gasteiger charge is 2.35. The fourth-order valence-corrected chi connectivity index (χ4v) is 3.28. The normalized spacial score (nSPS) is 15.1. The minimum absolute atomic E-state index is 0.0133. The van der Waals surface area contributed by atoms with E-state index >= 15 is 0 Å². The molecule has 0 saturated carbocycles. The minimum atomic E-state index is -1.15. The molecule has 0 spiro atoms. The molecule has 0 bridgehead atoms. The van der Waals surface area contributed by atoms with Gasteiger partial charge in [-0.05, 0) is 62.5 Å². The van der Waals surface area contributed by atoms with Crippen LogP contribution in [-0.2, 0) is 9.59 Å². The first-order valence-corrected chi connectivity index (χ1v) is 9.91. The zero-order valence-corrected chi connectivity index (χ0v) is 17.7. The van der Waals surface area contributed by atoms with Crippen molar-refractivity contribution in [3.05, 3.63) is 59.2 Å². The van der Waals surface area contributed by atoms with Crippen molar-refractivity contribution in [2.45, 2.75) is 13.8 Å². The number of rotatable bonds is 7. The second-order valence-electron chi connectivity index (χ2n) is 6.38. The Labute approximate surface area is 184 Å². The first-order chi connectivity index (χ1) is 14.8. The lowest BCUT2D eigenvalue weighted by molar-refractivity contribution is -0.122. The van der Waals surface area contributed by atoms with Crippen LogP contribution in [0.2, 0.25) is 0 Å². The van der Waals surface area contributed by atoms with E-state index in [0.29, 0.717) is 30.3 Å². The van der Waals surface area contributed by atoms with E-state index in [0.717, 1.165) is 4.90 Å². The summed E-state index contributed by atoms with van der Waals surface area (Å²) in [6, 6.07) is 10.8.